The van der Waals surface area contributed by atoms with Crippen molar-refractivity contribution in [2.75, 3.05) is 27.9 Å². The Kier molecular flexibility index (Phi) is 30.2. The van der Waals surface area contributed by atoms with E-state index in [2.05, 4.69) is 36.9 Å². The van der Waals surface area contributed by atoms with Gasteiger partial charge in [-0.15, -0.1) is 5.10 Å². The number of ether oxygens (including phenoxy) is 7. The van der Waals surface area contributed by atoms with Crippen LogP contribution in [-0.2, 0) is 85.3 Å². The van der Waals surface area contributed by atoms with Gasteiger partial charge in [-0.25, -0.2) is 28.8 Å². The normalized spacial score (nSPS) is 12.4. The number of hydrogen-bond donors (Lipinski definition) is 7. The summed E-state index contributed by atoms with van der Waals surface area (Å²) in [5.74, 6) is -3.43. The first-order chi connectivity index (χ1) is 41.1. The number of benzene rings is 3. The fourth-order valence-electron chi connectivity index (χ4n) is 8.29. The molecule has 0 radical (unpaired) electrons. The predicted molar refractivity (Wildman–Crippen MR) is 309 cm³/mol. The van der Waals surface area contributed by atoms with Crippen LogP contribution in [0, 0.1) is 0 Å². The van der Waals surface area contributed by atoms with Crippen molar-refractivity contribution in [1.82, 2.24) is 41.6 Å². The van der Waals surface area contributed by atoms with Gasteiger partial charge in [0.05, 0.1) is 27.0 Å². The number of esters is 3. The summed E-state index contributed by atoms with van der Waals surface area (Å²) in [5.41, 5.74) is 1.51. The number of unbranched alkanes of at least 4 members (excludes halogenated alkanes) is 5. The van der Waals surface area contributed by atoms with E-state index in [4.69, 9.17) is 33.2 Å². The van der Waals surface area contributed by atoms with Gasteiger partial charge in [0.15, 0.2) is 0 Å². The lowest BCUT2D eigenvalue weighted by atomic mass is 10.1. The molecule has 470 valence electrons. The summed E-state index contributed by atoms with van der Waals surface area (Å²) in [4.78, 5) is 115. The van der Waals surface area contributed by atoms with Gasteiger partial charge in [-0.3, -0.25) is 19.1 Å². The lowest BCUT2D eigenvalue weighted by molar-refractivity contribution is -0.149. The molecule has 4 rings (SSSR count). The molecule has 5 amide bonds. The predicted octanol–water partition coefficient (Wildman–Crippen LogP) is 6.24. The highest BCUT2D eigenvalue weighted by Crippen LogP contribution is 2.17. The summed E-state index contributed by atoms with van der Waals surface area (Å²) >= 11 is 0. The Morgan fingerprint density at radius 2 is 1.00 bits per heavy atom. The van der Waals surface area contributed by atoms with E-state index in [0.717, 1.165) is 0 Å². The van der Waals surface area contributed by atoms with Crippen molar-refractivity contribution in [3.05, 3.63) is 101 Å². The number of rotatable bonds is 39. The zero-order valence-corrected chi connectivity index (χ0v) is 49.7. The lowest BCUT2D eigenvalue weighted by Crippen LogP contribution is -2.51. The second-order valence-electron chi connectivity index (χ2n) is 21.1. The number of amides is 5. The molecule has 26 nitrogen and oxygen atoms in total. The second-order valence-corrected chi connectivity index (χ2v) is 21.1. The molecule has 0 fully saturated rings. The number of nitrogens with zero attached hydrogens (tertiary/aromatic N) is 3. The number of aryl methyl sites for hydroxylation is 1. The van der Waals surface area contributed by atoms with Gasteiger partial charge in [-0.2, -0.15) is 0 Å². The molecule has 4 unspecified atom stereocenters. The molecule has 86 heavy (non-hydrogen) atoms. The Morgan fingerprint density at radius 3 is 1.50 bits per heavy atom. The number of hydrogen-bond acceptors (Lipinski definition) is 18. The average molecular weight is 1200 g/mol. The van der Waals surface area contributed by atoms with Gasteiger partial charge in [-0.05, 0) is 132 Å². The van der Waals surface area contributed by atoms with Gasteiger partial charge in [0, 0.05) is 45.0 Å². The lowest BCUT2D eigenvalue weighted by Gasteiger charge is -2.21. The molecule has 4 aromatic rings. The van der Waals surface area contributed by atoms with Crippen LogP contribution < -0.4 is 40.8 Å². The molecule has 7 N–H and O–H groups in total. The number of aliphatic carboxylic acids is 2. The number of carboxylic acids is 2. The van der Waals surface area contributed by atoms with E-state index in [0.29, 0.717) is 97.5 Å². The minimum absolute atomic E-state index is 0.0372. The van der Waals surface area contributed by atoms with Crippen molar-refractivity contribution in [2.45, 2.75) is 173 Å². The van der Waals surface area contributed by atoms with Gasteiger partial charge < -0.3 is 70.0 Å². The van der Waals surface area contributed by atoms with Crippen LogP contribution in [0.25, 0.3) is 0 Å². The molecule has 1 heterocycles. The molecule has 0 saturated heterocycles. The van der Waals surface area contributed by atoms with Crippen molar-refractivity contribution in [1.29, 1.82) is 0 Å². The molecular formula is C60H82N8O18. The zero-order valence-electron chi connectivity index (χ0n) is 49.7. The van der Waals surface area contributed by atoms with Crippen LogP contribution in [0.4, 0.5) is 9.59 Å². The number of carbonyl (C=O) groups is 9. The first-order valence-corrected chi connectivity index (χ1v) is 28.5. The fraction of sp³-hybridized carbons (Fsp3) is 0.517. The van der Waals surface area contributed by atoms with Gasteiger partial charge in [-0.1, -0.05) is 54.5 Å². The van der Waals surface area contributed by atoms with E-state index in [1.807, 2.05) is 0 Å². The van der Waals surface area contributed by atoms with Crippen molar-refractivity contribution in [3.8, 4) is 17.2 Å². The smallest absolute Gasteiger partial charge is 0.408 e. The van der Waals surface area contributed by atoms with Gasteiger partial charge >= 0.3 is 42.0 Å². The van der Waals surface area contributed by atoms with Crippen LogP contribution in [0.5, 0.6) is 17.2 Å². The van der Waals surface area contributed by atoms with E-state index >= 15 is 0 Å². The molecule has 0 spiro atoms. The molecule has 4 atom stereocenters. The third-order valence-electron chi connectivity index (χ3n) is 13.0. The number of nitrogens with one attached hydrogen (secondary N) is 5. The monoisotopic (exact) mass is 1200 g/mol. The van der Waals surface area contributed by atoms with Crippen molar-refractivity contribution in [3.63, 3.8) is 0 Å². The van der Waals surface area contributed by atoms with E-state index in [9.17, 15) is 53.4 Å². The van der Waals surface area contributed by atoms with E-state index < -0.39 is 77.6 Å². The Balaban J connectivity index is 1.19. The molecule has 0 aliphatic carbocycles. The molecule has 0 saturated carbocycles. The van der Waals surface area contributed by atoms with Gasteiger partial charge in [0.25, 0.3) is 0 Å². The standard InChI is InChI=1S/C60H82N8O18/c1-60(2,3)86-59(79)65-50(55(74)75)35-43-36-68(67-66-43)34-14-12-15-47(54(72)73)62-52(70)18-10-8-7-9-17-51(69)61-33-13-11-16-48(56(76)84-38-41-21-27-45(81-5)28-22-41)63-58(78)64-49(57(77)85-39-42-23-29-46(82-6)30-24-42)31-32-53(71)83-37-40-19-25-44(80-4)26-20-40/h19-30,36,47-50H,7-18,31-35,37-39H2,1-6H3,(H,61,69)(H,62,70)(H,65,79)(H,72,73)(H,74,75)(H2,63,64,78). The third-order valence-corrected chi connectivity index (χ3v) is 13.0. The Hall–Kier alpha value is -8.97. The summed E-state index contributed by atoms with van der Waals surface area (Å²) in [6.45, 7) is 5.28. The number of alkyl carbamates (subject to hydrolysis) is 1. The van der Waals surface area contributed by atoms with Crippen molar-refractivity contribution in [2.24, 2.45) is 0 Å². The highest BCUT2D eigenvalue weighted by atomic mass is 16.6. The van der Waals surface area contributed by atoms with Crippen LogP contribution in [-0.4, -0.2) is 137 Å². The molecular weight excluding hydrogens is 1120 g/mol. The van der Waals surface area contributed by atoms with Crippen LogP contribution in [0.3, 0.4) is 0 Å². The highest BCUT2D eigenvalue weighted by molar-refractivity contribution is 5.87. The number of aromatic nitrogens is 3. The first-order valence-electron chi connectivity index (χ1n) is 28.5. The largest absolute Gasteiger partial charge is 0.497 e. The van der Waals surface area contributed by atoms with E-state index in [-0.39, 0.29) is 77.2 Å². The first kappa shape index (κ1) is 69.5. The maximum Gasteiger partial charge on any atom is 0.408 e. The Morgan fingerprint density at radius 1 is 0.523 bits per heavy atom. The van der Waals surface area contributed by atoms with Crippen LogP contribution in [0.15, 0.2) is 79.0 Å². The minimum atomic E-state index is -1.33. The van der Waals surface area contributed by atoms with Crippen LogP contribution >= 0.6 is 0 Å². The Bertz CT molecular complexity index is 2790. The summed E-state index contributed by atoms with van der Waals surface area (Å²) in [6.07, 6.45) is 4.66. The maximum absolute atomic E-state index is 13.7. The minimum Gasteiger partial charge on any atom is -0.497 e. The number of urea groups is 1. The van der Waals surface area contributed by atoms with Gasteiger partial charge in [0.2, 0.25) is 11.8 Å². The van der Waals surface area contributed by atoms with E-state index in [1.54, 1.807) is 99.8 Å². The van der Waals surface area contributed by atoms with Crippen molar-refractivity contribution < 1.29 is 86.5 Å². The van der Waals surface area contributed by atoms with E-state index in [1.165, 1.54) is 26.0 Å². The SMILES string of the molecule is COc1ccc(COC(=O)CCC(NC(=O)NC(CCCCNC(=O)CCCCCCC(=O)NC(CCCCn2cc(CC(NC(=O)OC(C)(C)C)C(=O)O)nn2)C(=O)O)C(=O)OCc2ccc(OC)cc2)C(=O)OCc2ccc(OC)cc2)cc1. The number of methoxy groups -OCH3 is 3. The number of carbonyl (C=O) groups excluding carboxylic acids is 7. The highest BCUT2D eigenvalue weighted by Gasteiger charge is 2.29. The summed E-state index contributed by atoms with van der Waals surface area (Å²) in [5, 5.41) is 40.2. The molecule has 0 bridgehead atoms. The van der Waals surface area contributed by atoms with Crippen LogP contribution in [0.1, 0.15) is 133 Å². The van der Waals surface area contributed by atoms with Crippen LogP contribution in [0.2, 0.25) is 0 Å². The average Bonchev–Trinajstić information content (AvgIpc) is 4.17. The molecule has 0 aliphatic heterocycles. The zero-order chi connectivity index (χ0) is 62.9. The molecule has 1 aromatic heterocycles. The second kappa shape index (κ2) is 37.4. The summed E-state index contributed by atoms with van der Waals surface area (Å²) in [6, 6.07) is 14.8. The topological polar surface area (TPSA) is 350 Å². The quantitative estimate of drug-likeness (QED) is 0.0148. The maximum atomic E-state index is 13.7. The number of carboxylic acid groups (broad SMARTS) is 2. The summed E-state index contributed by atoms with van der Waals surface area (Å²) in [7, 11) is 4.58. The Labute approximate surface area is 500 Å². The fourth-order valence-corrected chi connectivity index (χ4v) is 8.29. The van der Waals surface area contributed by atoms with Gasteiger partial charge in [0.1, 0.15) is 66.8 Å². The molecule has 0 aliphatic rings. The third kappa shape index (κ3) is 28.1. The van der Waals surface area contributed by atoms with Crippen molar-refractivity contribution >= 4 is 53.8 Å². The molecule has 26 heteroatoms. The summed E-state index contributed by atoms with van der Waals surface area (Å²) < 4.78 is 38.8. The molecule has 3 aromatic carbocycles.